The number of hydrogen-bond acceptors (Lipinski definition) is 6. The normalized spacial score (nSPS) is 12.3. The van der Waals surface area contributed by atoms with E-state index in [-0.39, 0.29) is 12.4 Å². The molecule has 0 radical (unpaired) electrons. The number of hydrogen-bond donors (Lipinski definition) is 1. The minimum absolute atomic E-state index is 0.00356. The van der Waals surface area contributed by atoms with Gasteiger partial charge < -0.3 is 14.6 Å². The van der Waals surface area contributed by atoms with Crippen LogP contribution in [0.1, 0.15) is 11.7 Å². The molecule has 7 nitrogen and oxygen atoms in total. The number of aliphatic hydroxyl groups is 1. The van der Waals surface area contributed by atoms with E-state index in [0.717, 1.165) is 5.56 Å². The molecule has 0 saturated heterocycles. The van der Waals surface area contributed by atoms with Gasteiger partial charge in [-0.05, 0) is 29.8 Å². The van der Waals surface area contributed by atoms with Gasteiger partial charge in [0.1, 0.15) is 18.5 Å². The largest absolute Gasteiger partial charge is 0.474 e. The van der Waals surface area contributed by atoms with Crippen LogP contribution in [-0.4, -0.2) is 37.9 Å². The minimum Gasteiger partial charge on any atom is -0.474 e. The second kappa shape index (κ2) is 8.19. The molecular weight excluding hydrogens is 382 g/mol. The molecule has 0 bridgehead atoms. The summed E-state index contributed by atoms with van der Waals surface area (Å²) in [4.78, 5) is 4.08. The smallest absolute Gasteiger partial charge is 0.387 e. The molecule has 0 aliphatic carbocycles. The molecule has 1 unspecified atom stereocenters. The van der Waals surface area contributed by atoms with E-state index in [9.17, 15) is 13.9 Å². The zero-order valence-electron chi connectivity index (χ0n) is 15.0. The van der Waals surface area contributed by atoms with E-state index in [2.05, 4.69) is 19.9 Å². The van der Waals surface area contributed by atoms with Crippen LogP contribution in [0, 0.1) is 0 Å². The van der Waals surface area contributed by atoms with Crippen molar-refractivity contribution in [1.82, 2.24) is 19.6 Å². The molecule has 0 amide bonds. The maximum absolute atomic E-state index is 12.3. The van der Waals surface area contributed by atoms with Crippen LogP contribution < -0.4 is 9.47 Å². The molecule has 2 heterocycles. The molecule has 0 saturated carbocycles. The van der Waals surface area contributed by atoms with Crippen molar-refractivity contribution in [2.45, 2.75) is 12.7 Å². The summed E-state index contributed by atoms with van der Waals surface area (Å²) in [5, 5.41) is 18.5. The molecule has 1 N–H and O–H groups in total. The van der Waals surface area contributed by atoms with Gasteiger partial charge in [0.25, 0.3) is 0 Å². The third-order valence-electron chi connectivity index (χ3n) is 4.19. The van der Waals surface area contributed by atoms with Crippen molar-refractivity contribution in [1.29, 1.82) is 0 Å². The molecule has 148 valence electrons. The average molecular weight is 398 g/mol. The first-order chi connectivity index (χ1) is 14.1. The SMILES string of the molecule is OC(COc1cncc2nnc(-c3ccc(OC(F)F)cc3)n12)c1ccccc1. The lowest BCUT2D eigenvalue weighted by molar-refractivity contribution is -0.0498. The first-order valence-electron chi connectivity index (χ1n) is 8.72. The summed E-state index contributed by atoms with van der Waals surface area (Å²) >= 11 is 0. The molecule has 29 heavy (non-hydrogen) atoms. The van der Waals surface area contributed by atoms with Gasteiger partial charge in [-0.1, -0.05) is 30.3 Å². The Morgan fingerprint density at radius 1 is 0.966 bits per heavy atom. The number of aromatic nitrogens is 4. The van der Waals surface area contributed by atoms with Crippen LogP contribution in [0.5, 0.6) is 11.6 Å². The van der Waals surface area contributed by atoms with E-state index in [1.165, 1.54) is 24.5 Å². The summed E-state index contributed by atoms with van der Waals surface area (Å²) in [6.45, 7) is -2.89. The monoisotopic (exact) mass is 398 g/mol. The Hall–Kier alpha value is -3.59. The lowest BCUT2D eigenvalue weighted by Gasteiger charge is -2.14. The highest BCUT2D eigenvalue weighted by Crippen LogP contribution is 2.26. The third kappa shape index (κ3) is 4.14. The van der Waals surface area contributed by atoms with Gasteiger partial charge in [-0.25, -0.2) is 4.40 Å². The highest BCUT2D eigenvalue weighted by atomic mass is 19.3. The van der Waals surface area contributed by atoms with Gasteiger partial charge in [-0.2, -0.15) is 8.78 Å². The minimum atomic E-state index is -2.89. The van der Waals surface area contributed by atoms with Crippen LogP contribution in [0.25, 0.3) is 17.0 Å². The Morgan fingerprint density at radius 3 is 2.45 bits per heavy atom. The number of fused-ring (bicyclic) bond motifs is 1. The number of alkyl halides is 2. The van der Waals surface area contributed by atoms with Gasteiger partial charge in [0.15, 0.2) is 11.5 Å². The van der Waals surface area contributed by atoms with E-state index in [0.29, 0.717) is 22.9 Å². The van der Waals surface area contributed by atoms with Crippen LogP contribution in [0.2, 0.25) is 0 Å². The van der Waals surface area contributed by atoms with Gasteiger partial charge in [0, 0.05) is 5.56 Å². The van der Waals surface area contributed by atoms with Crippen molar-refractivity contribution in [3.8, 4) is 23.0 Å². The molecule has 0 aliphatic rings. The summed E-state index contributed by atoms with van der Waals surface area (Å²) in [6.07, 6.45) is 2.19. The summed E-state index contributed by atoms with van der Waals surface area (Å²) < 4.78 is 36.4. The maximum Gasteiger partial charge on any atom is 0.387 e. The van der Waals surface area contributed by atoms with E-state index < -0.39 is 12.7 Å². The predicted octanol–water partition coefficient (Wildman–Crippen LogP) is 3.51. The molecule has 4 rings (SSSR count). The van der Waals surface area contributed by atoms with Gasteiger partial charge in [0.2, 0.25) is 5.88 Å². The van der Waals surface area contributed by atoms with Crippen molar-refractivity contribution in [2.75, 3.05) is 6.61 Å². The van der Waals surface area contributed by atoms with Gasteiger partial charge in [-0.3, -0.25) is 4.98 Å². The van der Waals surface area contributed by atoms with E-state index in [1.54, 1.807) is 28.7 Å². The molecular formula is C20H16F2N4O3. The first-order valence-corrected chi connectivity index (χ1v) is 8.72. The van der Waals surface area contributed by atoms with Crippen LogP contribution in [0.3, 0.4) is 0 Å². The summed E-state index contributed by atoms with van der Waals surface area (Å²) in [6, 6.07) is 15.2. The molecule has 9 heteroatoms. The molecule has 2 aromatic heterocycles. The number of halogens is 2. The fourth-order valence-corrected chi connectivity index (χ4v) is 2.83. The Morgan fingerprint density at radius 2 is 1.72 bits per heavy atom. The molecule has 0 fully saturated rings. The summed E-state index contributed by atoms with van der Waals surface area (Å²) in [7, 11) is 0. The predicted molar refractivity (Wildman–Crippen MR) is 99.7 cm³/mol. The second-order valence-electron chi connectivity index (χ2n) is 6.10. The molecule has 2 aromatic carbocycles. The topological polar surface area (TPSA) is 81.8 Å². The molecule has 0 aliphatic heterocycles. The van der Waals surface area contributed by atoms with Gasteiger partial charge in [-0.15, -0.1) is 10.2 Å². The van der Waals surface area contributed by atoms with Gasteiger partial charge in [0.05, 0.1) is 12.4 Å². The fraction of sp³-hybridized carbons (Fsp3) is 0.150. The van der Waals surface area contributed by atoms with E-state index in [4.69, 9.17) is 4.74 Å². The lowest BCUT2D eigenvalue weighted by atomic mass is 10.1. The average Bonchev–Trinajstić information content (AvgIpc) is 3.17. The van der Waals surface area contributed by atoms with E-state index >= 15 is 0 Å². The fourth-order valence-electron chi connectivity index (χ4n) is 2.83. The van der Waals surface area contributed by atoms with E-state index in [1.807, 2.05) is 18.2 Å². The Labute approximate surface area is 164 Å². The zero-order valence-corrected chi connectivity index (χ0v) is 15.0. The number of ether oxygens (including phenoxy) is 2. The summed E-state index contributed by atoms with van der Waals surface area (Å²) in [5.41, 5.74) is 1.80. The Bertz CT molecular complexity index is 1090. The van der Waals surface area contributed by atoms with Crippen LogP contribution >= 0.6 is 0 Å². The number of aliphatic hydroxyl groups excluding tert-OH is 1. The molecule has 0 spiro atoms. The lowest BCUT2D eigenvalue weighted by Crippen LogP contribution is -2.11. The Balaban J connectivity index is 1.60. The number of benzene rings is 2. The Kier molecular flexibility index (Phi) is 5.30. The third-order valence-corrected chi connectivity index (χ3v) is 4.19. The second-order valence-corrected chi connectivity index (χ2v) is 6.10. The summed E-state index contributed by atoms with van der Waals surface area (Å²) in [5.74, 6) is 0.822. The van der Waals surface area contributed by atoms with Crippen LogP contribution in [0.4, 0.5) is 8.78 Å². The first kappa shape index (κ1) is 18.8. The molecule has 4 aromatic rings. The molecule has 1 atom stereocenters. The van der Waals surface area contributed by atoms with Crippen molar-refractivity contribution >= 4 is 5.65 Å². The number of rotatable bonds is 7. The van der Waals surface area contributed by atoms with Gasteiger partial charge >= 0.3 is 6.61 Å². The number of nitrogens with zero attached hydrogens (tertiary/aromatic N) is 4. The quantitative estimate of drug-likeness (QED) is 0.513. The van der Waals surface area contributed by atoms with Crippen molar-refractivity contribution in [2.24, 2.45) is 0 Å². The highest BCUT2D eigenvalue weighted by molar-refractivity contribution is 5.61. The standard InChI is InChI=1S/C20H16F2N4O3/c21-20(22)29-15-8-6-14(7-9-15)19-25-24-17-10-23-11-18(26(17)19)28-12-16(27)13-4-2-1-3-5-13/h1-11,16,20,27H,12H2. The highest BCUT2D eigenvalue weighted by Gasteiger charge is 2.15. The maximum atomic E-state index is 12.3. The van der Waals surface area contributed by atoms with Crippen LogP contribution in [-0.2, 0) is 0 Å². The van der Waals surface area contributed by atoms with Crippen molar-refractivity contribution in [3.63, 3.8) is 0 Å². The zero-order chi connectivity index (χ0) is 20.2. The van der Waals surface area contributed by atoms with Crippen LogP contribution in [0.15, 0.2) is 67.0 Å². The van der Waals surface area contributed by atoms with Crippen molar-refractivity contribution in [3.05, 3.63) is 72.6 Å². The van der Waals surface area contributed by atoms with Crippen molar-refractivity contribution < 1.29 is 23.4 Å².